The standard InChI is InChI=1S/C14H17N3O4/c1-4-17(8(2)5-12(18)19)14(20)10-6-11-9(3)16-21-13(11)15-7-10/h6-8H,4-5H2,1-3H3,(H,18,19). The number of amides is 1. The maximum atomic E-state index is 12.5. The third kappa shape index (κ3) is 3.01. The van der Waals surface area contributed by atoms with Crippen molar-refractivity contribution in [3.8, 4) is 0 Å². The van der Waals surface area contributed by atoms with Crippen LogP contribution in [-0.2, 0) is 4.79 Å². The summed E-state index contributed by atoms with van der Waals surface area (Å²) in [6.45, 7) is 5.72. The molecule has 21 heavy (non-hydrogen) atoms. The van der Waals surface area contributed by atoms with E-state index in [0.29, 0.717) is 28.9 Å². The van der Waals surface area contributed by atoms with Gasteiger partial charge in [0.15, 0.2) is 0 Å². The lowest BCUT2D eigenvalue weighted by molar-refractivity contribution is -0.138. The predicted octanol–water partition coefficient (Wildman–Crippen LogP) is 1.86. The first-order valence-corrected chi connectivity index (χ1v) is 6.68. The van der Waals surface area contributed by atoms with Crippen molar-refractivity contribution in [2.24, 2.45) is 0 Å². The fourth-order valence-corrected chi connectivity index (χ4v) is 2.25. The van der Waals surface area contributed by atoms with Gasteiger partial charge >= 0.3 is 5.97 Å². The topological polar surface area (TPSA) is 96.5 Å². The molecular formula is C14H17N3O4. The number of carbonyl (C=O) groups is 2. The van der Waals surface area contributed by atoms with E-state index in [0.717, 1.165) is 0 Å². The van der Waals surface area contributed by atoms with Crippen LogP contribution in [0.15, 0.2) is 16.8 Å². The van der Waals surface area contributed by atoms with Crippen molar-refractivity contribution in [3.05, 3.63) is 23.5 Å². The molecule has 2 rings (SSSR count). The molecule has 0 spiro atoms. The molecule has 112 valence electrons. The number of nitrogens with zero attached hydrogens (tertiary/aromatic N) is 3. The van der Waals surface area contributed by atoms with E-state index in [-0.39, 0.29) is 18.4 Å². The Morgan fingerprint density at radius 1 is 1.48 bits per heavy atom. The number of rotatable bonds is 5. The Kier molecular flexibility index (Phi) is 4.21. The molecule has 0 fully saturated rings. The average molecular weight is 291 g/mol. The molecule has 0 bridgehead atoms. The first-order chi connectivity index (χ1) is 9.93. The molecule has 0 saturated carbocycles. The third-order valence-corrected chi connectivity index (χ3v) is 3.36. The van der Waals surface area contributed by atoms with E-state index in [2.05, 4.69) is 10.1 Å². The first kappa shape index (κ1) is 15.0. The summed E-state index contributed by atoms with van der Waals surface area (Å²) in [6, 6.07) is 1.28. The van der Waals surface area contributed by atoms with Crippen LogP contribution in [0.2, 0.25) is 0 Å². The van der Waals surface area contributed by atoms with Crippen molar-refractivity contribution in [1.29, 1.82) is 0 Å². The van der Waals surface area contributed by atoms with E-state index >= 15 is 0 Å². The quantitative estimate of drug-likeness (QED) is 0.903. The molecule has 0 aliphatic rings. The smallest absolute Gasteiger partial charge is 0.305 e. The monoisotopic (exact) mass is 291 g/mol. The lowest BCUT2D eigenvalue weighted by atomic mass is 10.1. The van der Waals surface area contributed by atoms with Crippen molar-refractivity contribution in [1.82, 2.24) is 15.0 Å². The van der Waals surface area contributed by atoms with Crippen LogP contribution in [0.4, 0.5) is 0 Å². The predicted molar refractivity (Wildman–Crippen MR) is 75.0 cm³/mol. The van der Waals surface area contributed by atoms with Gasteiger partial charge in [-0.1, -0.05) is 5.16 Å². The second-order valence-electron chi connectivity index (χ2n) is 4.88. The maximum absolute atomic E-state index is 12.5. The maximum Gasteiger partial charge on any atom is 0.305 e. The lowest BCUT2D eigenvalue weighted by Gasteiger charge is -2.27. The van der Waals surface area contributed by atoms with Crippen molar-refractivity contribution in [3.63, 3.8) is 0 Å². The lowest BCUT2D eigenvalue weighted by Crippen LogP contribution is -2.39. The van der Waals surface area contributed by atoms with Crippen LogP contribution >= 0.6 is 0 Å². The van der Waals surface area contributed by atoms with E-state index in [1.54, 1.807) is 19.9 Å². The van der Waals surface area contributed by atoms with E-state index in [4.69, 9.17) is 9.63 Å². The van der Waals surface area contributed by atoms with Gasteiger partial charge in [0, 0.05) is 18.8 Å². The van der Waals surface area contributed by atoms with Crippen LogP contribution in [0.1, 0.15) is 36.3 Å². The van der Waals surface area contributed by atoms with Crippen LogP contribution in [-0.4, -0.2) is 44.6 Å². The molecule has 1 unspecified atom stereocenters. The molecule has 2 aromatic rings. The summed E-state index contributed by atoms with van der Waals surface area (Å²) in [5, 5.41) is 13.3. The fraction of sp³-hybridized carbons (Fsp3) is 0.429. The normalized spacial score (nSPS) is 12.3. The number of carboxylic acids is 1. The van der Waals surface area contributed by atoms with Gasteiger partial charge in [-0.2, -0.15) is 0 Å². The highest BCUT2D eigenvalue weighted by Gasteiger charge is 2.23. The Balaban J connectivity index is 2.30. The minimum atomic E-state index is -0.933. The molecule has 0 radical (unpaired) electrons. The number of hydrogen-bond donors (Lipinski definition) is 1. The van der Waals surface area contributed by atoms with E-state index in [1.807, 2.05) is 6.92 Å². The van der Waals surface area contributed by atoms with Gasteiger partial charge in [-0.15, -0.1) is 0 Å². The Morgan fingerprint density at radius 3 is 2.81 bits per heavy atom. The van der Waals surface area contributed by atoms with Gasteiger partial charge in [-0.25, -0.2) is 4.98 Å². The minimum Gasteiger partial charge on any atom is -0.481 e. The molecule has 1 amide bonds. The highest BCUT2D eigenvalue weighted by Crippen LogP contribution is 2.18. The van der Waals surface area contributed by atoms with Crippen LogP contribution in [0.5, 0.6) is 0 Å². The van der Waals surface area contributed by atoms with Crippen molar-refractivity contribution >= 4 is 23.0 Å². The van der Waals surface area contributed by atoms with E-state index in [9.17, 15) is 9.59 Å². The molecule has 2 heterocycles. The summed E-state index contributed by atoms with van der Waals surface area (Å²) in [7, 11) is 0. The van der Waals surface area contributed by atoms with Gasteiger partial charge in [0.05, 0.1) is 23.1 Å². The average Bonchev–Trinajstić information content (AvgIpc) is 2.80. The number of aromatic nitrogens is 2. The fourth-order valence-electron chi connectivity index (χ4n) is 2.25. The third-order valence-electron chi connectivity index (χ3n) is 3.36. The molecule has 0 aromatic carbocycles. The van der Waals surface area contributed by atoms with Crippen LogP contribution < -0.4 is 0 Å². The molecule has 2 aromatic heterocycles. The van der Waals surface area contributed by atoms with Gasteiger partial charge < -0.3 is 14.5 Å². The second-order valence-corrected chi connectivity index (χ2v) is 4.88. The zero-order valence-corrected chi connectivity index (χ0v) is 12.2. The number of pyridine rings is 1. The van der Waals surface area contributed by atoms with Gasteiger partial charge in [0.2, 0.25) is 0 Å². The number of hydrogen-bond acceptors (Lipinski definition) is 5. The molecular weight excluding hydrogens is 274 g/mol. The highest BCUT2D eigenvalue weighted by atomic mass is 16.5. The Hall–Kier alpha value is -2.44. The zero-order chi connectivity index (χ0) is 15.6. The summed E-state index contributed by atoms with van der Waals surface area (Å²) >= 11 is 0. The highest BCUT2D eigenvalue weighted by molar-refractivity contribution is 5.97. The molecule has 0 aliphatic heterocycles. The van der Waals surface area contributed by atoms with E-state index < -0.39 is 5.97 Å². The van der Waals surface area contributed by atoms with Crippen LogP contribution in [0.3, 0.4) is 0 Å². The van der Waals surface area contributed by atoms with Gasteiger partial charge in [-0.3, -0.25) is 9.59 Å². The van der Waals surface area contributed by atoms with Crippen molar-refractivity contribution in [2.75, 3.05) is 6.54 Å². The van der Waals surface area contributed by atoms with Gasteiger partial charge in [0.1, 0.15) is 0 Å². The summed E-state index contributed by atoms with van der Waals surface area (Å²) in [6.07, 6.45) is 1.33. The first-order valence-electron chi connectivity index (χ1n) is 6.68. The molecule has 7 nitrogen and oxygen atoms in total. The molecule has 0 saturated heterocycles. The summed E-state index contributed by atoms with van der Waals surface area (Å²) in [4.78, 5) is 28.9. The Bertz CT molecular complexity index is 680. The number of aliphatic carboxylic acids is 1. The number of fused-ring (bicyclic) bond motifs is 1. The molecule has 1 atom stereocenters. The summed E-state index contributed by atoms with van der Waals surface area (Å²) in [5.74, 6) is -1.18. The van der Waals surface area contributed by atoms with Crippen molar-refractivity contribution in [2.45, 2.75) is 33.2 Å². The number of carbonyl (C=O) groups excluding carboxylic acids is 1. The minimum absolute atomic E-state index is 0.0957. The zero-order valence-electron chi connectivity index (χ0n) is 12.2. The Morgan fingerprint density at radius 2 is 2.19 bits per heavy atom. The SMILES string of the molecule is CCN(C(=O)c1cnc2onc(C)c2c1)C(C)CC(=O)O. The molecule has 0 aliphatic carbocycles. The Labute approximate surface area is 121 Å². The molecule has 7 heteroatoms. The van der Waals surface area contributed by atoms with Crippen LogP contribution in [0.25, 0.3) is 11.1 Å². The van der Waals surface area contributed by atoms with E-state index in [1.165, 1.54) is 11.1 Å². The van der Waals surface area contributed by atoms with Crippen LogP contribution in [0, 0.1) is 6.92 Å². The number of aryl methyl sites for hydroxylation is 1. The van der Waals surface area contributed by atoms with Gasteiger partial charge in [0.25, 0.3) is 11.6 Å². The molecule has 1 N–H and O–H groups in total. The summed E-state index contributed by atoms with van der Waals surface area (Å²) < 4.78 is 5.01. The largest absolute Gasteiger partial charge is 0.481 e. The van der Waals surface area contributed by atoms with Crippen molar-refractivity contribution < 1.29 is 19.2 Å². The van der Waals surface area contributed by atoms with Gasteiger partial charge in [-0.05, 0) is 26.8 Å². The summed E-state index contributed by atoms with van der Waals surface area (Å²) in [5.41, 5.74) is 1.44. The second kappa shape index (κ2) is 5.90. The number of carboxylic acid groups (broad SMARTS) is 1.